The Labute approximate surface area is 108 Å². The second-order valence-electron chi connectivity index (χ2n) is 4.83. The highest BCUT2D eigenvalue weighted by Gasteiger charge is 2.10. The smallest absolute Gasteiger partial charge is 0.238 e. The Hall–Kier alpha value is -1.11. The Balaban J connectivity index is 2.45. The molecule has 0 saturated heterocycles. The summed E-state index contributed by atoms with van der Waals surface area (Å²) in [5.41, 5.74) is -0.194. The third-order valence-corrected chi connectivity index (χ3v) is 2.97. The Morgan fingerprint density at radius 1 is 1.11 bits per heavy atom. The minimum absolute atomic E-state index is 0.0702. The van der Waals surface area contributed by atoms with Gasteiger partial charge in [-0.25, -0.2) is 13.6 Å². The zero-order chi connectivity index (χ0) is 13.8. The predicted molar refractivity (Wildman–Crippen MR) is 69.0 cm³/mol. The first kappa shape index (κ1) is 14.9. The van der Waals surface area contributed by atoms with Crippen molar-refractivity contribution < 1.29 is 17.9 Å². The van der Waals surface area contributed by atoms with Crippen LogP contribution >= 0.6 is 0 Å². The molecule has 0 radical (unpaired) electrons. The van der Waals surface area contributed by atoms with E-state index in [2.05, 4.69) is 0 Å². The highest BCUT2D eigenvalue weighted by molar-refractivity contribution is 7.89. The minimum atomic E-state index is -3.64. The molecule has 0 saturated carbocycles. The van der Waals surface area contributed by atoms with E-state index in [9.17, 15) is 8.42 Å². The maximum absolute atomic E-state index is 11.0. The van der Waals surface area contributed by atoms with Gasteiger partial charge < -0.3 is 9.47 Å². The van der Waals surface area contributed by atoms with Crippen LogP contribution in [0.15, 0.2) is 29.2 Å². The lowest BCUT2D eigenvalue weighted by molar-refractivity contribution is -0.0163. The number of primary sulfonamides is 1. The Bertz CT molecular complexity index is 474. The number of hydrogen-bond donors (Lipinski definition) is 1. The molecular formula is C12H19NO4S. The largest absolute Gasteiger partial charge is 0.491 e. The molecule has 0 heterocycles. The van der Waals surface area contributed by atoms with Crippen molar-refractivity contribution in [2.75, 3.05) is 13.2 Å². The molecule has 0 aliphatic rings. The molecule has 6 heteroatoms. The first-order chi connectivity index (χ1) is 8.18. The molecular weight excluding hydrogens is 254 g/mol. The fourth-order valence-corrected chi connectivity index (χ4v) is 1.75. The summed E-state index contributed by atoms with van der Waals surface area (Å²) < 4.78 is 33.0. The normalized spacial score (nSPS) is 12.4. The van der Waals surface area contributed by atoms with Gasteiger partial charge in [0.15, 0.2) is 0 Å². The predicted octanol–water partition coefficient (Wildman–Crippen LogP) is 1.53. The van der Waals surface area contributed by atoms with Gasteiger partial charge in [0.2, 0.25) is 10.0 Å². The van der Waals surface area contributed by atoms with Crippen molar-refractivity contribution >= 4 is 10.0 Å². The summed E-state index contributed by atoms with van der Waals surface area (Å²) >= 11 is 0. The van der Waals surface area contributed by atoms with Crippen LogP contribution in [0.2, 0.25) is 0 Å². The van der Waals surface area contributed by atoms with Gasteiger partial charge in [-0.3, -0.25) is 0 Å². The third-order valence-electron chi connectivity index (χ3n) is 2.04. The van der Waals surface area contributed by atoms with Crippen LogP contribution in [-0.2, 0) is 14.8 Å². The van der Waals surface area contributed by atoms with Crippen LogP contribution < -0.4 is 9.88 Å². The van der Waals surface area contributed by atoms with E-state index in [0.717, 1.165) is 0 Å². The number of ether oxygens (including phenoxy) is 2. The highest BCUT2D eigenvalue weighted by Crippen LogP contribution is 2.15. The van der Waals surface area contributed by atoms with Gasteiger partial charge in [0.25, 0.3) is 0 Å². The minimum Gasteiger partial charge on any atom is -0.491 e. The highest BCUT2D eigenvalue weighted by atomic mass is 32.2. The lowest BCUT2D eigenvalue weighted by atomic mass is 10.2. The van der Waals surface area contributed by atoms with Crippen molar-refractivity contribution in [2.45, 2.75) is 31.3 Å². The molecule has 1 aromatic rings. The summed E-state index contributed by atoms with van der Waals surface area (Å²) in [6.07, 6.45) is 0. The maximum Gasteiger partial charge on any atom is 0.238 e. The van der Waals surface area contributed by atoms with Crippen LogP contribution in [-0.4, -0.2) is 27.2 Å². The van der Waals surface area contributed by atoms with Gasteiger partial charge in [-0.1, -0.05) is 0 Å². The van der Waals surface area contributed by atoms with Gasteiger partial charge in [0.05, 0.1) is 17.1 Å². The fourth-order valence-electron chi connectivity index (χ4n) is 1.23. The molecule has 1 aromatic carbocycles. The first-order valence-electron chi connectivity index (χ1n) is 5.58. The molecule has 0 unspecified atom stereocenters. The second-order valence-corrected chi connectivity index (χ2v) is 6.39. The van der Waals surface area contributed by atoms with E-state index in [4.69, 9.17) is 14.6 Å². The molecule has 0 aliphatic carbocycles. The average Bonchev–Trinajstić information content (AvgIpc) is 2.22. The second kappa shape index (κ2) is 5.69. The molecule has 18 heavy (non-hydrogen) atoms. The van der Waals surface area contributed by atoms with Crippen LogP contribution in [0.25, 0.3) is 0 Å². The Morgan fingerprint density at radius 3 is 2.11 bits per heavy atom. The van der Waals surface area contributed by atoms with Crippen LogP contribution in [0.1, 0.15) is 20.8 Å². The van der Waals surface area contributed by atoms with Gasteiger partial charge in [-0.2, -0.15) is 0 Å². The Kier molecular flexibility index (Phi) is 4.72. The standard InChI is InChI=1S/C12H19NO4S/c1-12(2,3)17-9-8-16-10-4-6-11(7-5-10)18(13,14)15/h4-7H,8-9H2,1-3H3,(H2,13,14,15). The maximum atomic E-state index is 11.0. The van der Waals surface area contributed by atoms with Crippen molar-refractivity contribution in [3.63, 3.8) is 0 Å². The van der Waals surface area contributed by atoms with E-state index < -0.39 is 10.0 Å². The molecule has 0 atom stereocenters. The third kappa shape index (κ3) is 5.48. The summed E-state index contributed by atoms with van der Waals surface area (Å²) in [5.74, 6) is 0.583. The molecule has 0 spiro atoms. The van der Waals surface area contributed by atoms with Crippen LogP contribution in [0.4, 0.5) is 0 Å². The zero-order valence-electron chi connectivity index (χ0n) is 10.8. The van der Waals surface area contributed by atoms with E-state index in [1.54, 1.807) is 12.1 Å². The van der Waals surface area contributed by atoms with Crippen molar-refractivity contribution in [3.05, 3.63) is 24.3 Å². The van der Waals surface area contributed by atoms with Crippen LogP contribution in [0.5, 0.6) is 5.75 Å². The number of benzene rings is 1. The summed E-state index contributed by atoms with van der Waals surface area (Å²) in [4.78, 5) is 0.0702. The van der Waals surface area contributed by atoms with Crippen molar-refractivity contribution in [1.29, 1.82) is 0 Å². The Morgan fingerprint density at radius 2 is 1.67 bits per heavy atom. The van der Waals surface area contributed by atoms with E-state index >= 15 is 0 Å². The monoisotopic (exact) mass is 273 g/mol. The van der Waals surface area contributed by atoms with E-state index in [-0.39, 0.29) is 10.5 Å². The SMILES string of the molecule is CC(C)(C)OCCOc1ccc(S(N)(=O)=O)cc1. The number of nitrogens with two attached hydrogens (primary N) is 1. The van der Waals surface area contributed by atoms with Gasteiger partial charge in [-0.05, 0) is 45.0 Å². The van der Waals surface area contributed by atoms with E-state index in [1.807, 2.05) is 20.8 Å². The topological polar surface area (TPSA) is 78.6 Å². The van der Waals surface area contributed by atoms with Crippen molar-refractivity contribution in [1.82, 2.24) is 0 Å². The summed E-state index contributed by atoms with van der Waals surface area (Å²) in [7, 11) is -3.64. The molecule has 5 nitrogen and oxygen atoms in total. The summed E-state index contributed by atoms with van der Waals surface area (Å²) in [6, 6.07) is 5.96. The lowest BCUT2D eigenvalue weighted by Gasteiger charge is -2.19. The molecule has 0 fully saturated rings. The van der Waals surface area contributed by atoms with Crippen LogP contribution in [0.3, 0.4) is 0 Å². The van der Waals surface area contributed by atoms with Crippen molar-refractivity contribution in [3.8, 4) is 5.75 Å². The number of sulfonamides is 1. The number of rotatable bonds is 5. The zero-order valence-corrected chi connectivity index (χ0v) is 11.7. The summed E-state index contributed by atoms with van der Waals surface area (Å²) in [5, 5.41) is 4.99. The van der Waals surface area contributed by atoms with Gasteiger partial charge in [-0.15, -0.1) is 0 Å². The average molecular weight is 273 g/mol. The quantitative estimate of drug-likeness (QED) is 0.825. The molecule has 0 bridgehead atoms. The molecule has 2 N–H and O–H groups in total. The van der Waals surface area contributed by atoms with Crippen molar-refractivity contribution in [2.24, 2.45) is 5.14 Å². The molecule has 0 amide bonds. The molecule has 1 rings (SSSR count). The molecule has 0 aliphatic heterocycles. The van der Waals surface area contributed by atoms with Gasteiger partial charge in [0, 0.05) is 0 Å². The van der Waals surface area contributed by atoms with E-state index in [1.165, 1.54) is 12.1 Å². The van der Waals surface area contributed by atoms with E-state index in [0.29, 0.717) is 19.0 Å². The van der Waals surface area contributed by atoms with Crippen LogP contribution in [0, 0.1) is 0 Å². The number of hydrogen-bond acceptors (Lipinski definition) is 4. The lowest BCUT2D eigenvalue weighted by Crippen LogP contribution is -2.22. The van der Waals surface area contributed by atoms with Gasteiger partial charge >= 0.3 is 0 Å². The first-order valence-corrected chi connectivity index (χ1v) is 7.13. The molecule has 102 valence electrons. The summed E-state index contributed by atoms with van der Waals surface area (Å²) in [6.45, 7) is 6.78. The molecule has 0 aromatic heterocycles. The fraction of sp³-hybridized carbons (Fsp3) is 0.500. The van der Waals surface area contributed by atoms with Gasteiger partial charge in [0.1, 0.15) is 12.4 Å².